The monoisotopic (exact) mass is 589 g/mol. The Bertz CT molecular complexity index is 1750. The topological polar surface area (TPSA) is 123 Å². The lowest BCUT2D eigenvalue weighted by Gasteiger charge is -2.26. The van der Waals surface area contributed by atoms with Crippen LogP contribution in [0.1, 0.15) is 41.7 Å². The zero-order valence-electron chi connectivity index (χ0n) is 20.9. The summed E-state index contributed by atoms with van der Waals surface area (Å²) in [5, 5.41) is 22.1. The number of halogens is 3. The van der Waals surface area contributed by atoms with Gasteiger partial charge >= 0.3 is 6.18 Å². The molecule has 1 aliphatic rings. The number of hydrogen-bond acceptors (Lipinski definition) is 7. The van der Waals surface area contributed by atoms with Crippen molar-refractivity contribution in [2.45, 2.75) is 42.7 Å². The van der Waals surface area contributed by atoms with E-state index in [1.54, 1.807) is 30.3 Å². The number of rotatable bonds is 8. The fourth-order valence-corrected chi connectivity index (χ4v) is 6.76. The molecule has 2 aromatic heterocycles. The van der Waals surface area contributed by atoms with Gasteiger partial charge in [0.2, 0.25) is 0 Å². The number of aliphatic hydroxyl groups is 1. The largest absolute Gasteiger partial charge is 0.421 e. The number of nitro benzene ring substituents is 1. The van der Waals surface area contributed by atoms with E-state index in [0.29, 0.717) is 40.3 Å². The summed E-state index contributed by atoms with van der Waals surface area (Å²) in [6, 6.07) is 15.1. The molecular weight excluding hydrogens is 567 g/mol. The van der Waals surface area contributed by atoms with Crippen LogP contribution in [0.25, 0.3) is 21.3 Å². The van der Waals surface area contributed by atoms with Gasteiger partial charge in [-0.3, -0.25) is 15.1 Å². The maximum Gasteiger partial charge on any atom is 0.421 e. The lowest BCUT2D eigenvalue weighted by molar-refractivity contribution is -0.385. The minimum Gasteiger partial charge on any atom is -0.376 e. The van der Waals surface area contributed by atoms with Gasteiger partial charge in [0.25, 0.3) is 15.7 Å². The Labute approximate surface area is 231 Å². The number of hydrogen-bond donors (Lipinski definition) is 1. The van der Waals surface area contributed by atoms with Gasteiger partial charge in [-0.2, -0.15) is 17.6 Å². The number of para-hydroxylation sites is 1. The number of alkyl halides is 3. The molecule has 0 radical (unpaired) electrons. The highest BCUT2D eigenvalue weighted by Gasteiger charge is 2.51. The third-order valence-corrected chi connectivity index (χ3v) is 9.79. The molecule has 4 aromatic rings. The summed E-state index contributed by atoms with van der Waals surface area (Å²) in [5.41, 5.74) is -2.76. The molecule has 0 amide bonds. The molecule has 1 N–H and O–H groups in total. The second-order valence-corrected chi connectivity index (χ2v) is 12.6. The van der Waals surface area contributed by atoms with E-state index in [1.807, 2.05) is 0 Å². The lowest BCUT2D eigenvalue weighted by atomic mass is 9.94. The molecule has 1 saturated carbocycles. The maximum absolute atomic E-state index is 13.5. The Morgan fingerprint density at radius 3 is 2.55 bits per heavy atom. The molecule has 0 bridgehead atoms. The van der Waals surface area contributed by atoms with Crippen molar-refractivity contribution in [3.8, 4) is 11.3 Å². The first-order chi connectivity index (χ1) is 18.8. The molecular formula is C27H22F3N3O5S2. The first-order valence-electron chi connectivity index (χ1n) is 12.1. The lowest BCUT2D eigenvalue weighted by Crippen LogP contribution is -2.39. The second-order valence-electron chi connectivity index (χ2n) is 9.63. The van der Waals surface area contributed by atoms with Gasteiger partial charge in [-0.05, 0) is 48.9 Å². The van der Waals surface area contributed by atoms with Crippen LogP contribution in [0.5, 0.6) is 0 Å². The van der Waals surface area contributed by atoms with Crippen LogP contribution in [0.3, 0.4) is 0 Å². The van der Waals surface area contributed by atoms with Crippen molar-refractivity contribution in [1.29, 1.82) is 0 Å². The maximum atomic E-state index is 13.5. The van der Waals surface area contributed by atoms with Crippen molar-refractivity contribution in [2.75, 3.05) is 0 Å². The molecule has 1 aliphatic carbocycles. The number of sulfonamides is 1. The Kier molecular flexibility index (Phi) is 7.01. The number of nitro groups is 1. The first-order valence-corrected chi connectivity index (χ1v) is 14.4. The summed E-state index contributed by atoms with van der Waals surface area (Å²) in [4.78, 5) is 16.0. The van der Waals surface area contributed by atoms with Crippen LogP contribution in [-0.2, 0) is 15.6 Å². The zero-order chi connectivity index (χ0) is 28.9. The molecule has 8 nitrogen and oxygen atoms in total. The first kappa shape index (κ1) is 27.9. The fourth-order valence-electron chi connectivity index (χ4n) is 4.30. The molecule has 1 fully saturated rings. The van der Waals surface area contributed by atoms with E-state index in [-0.39, 0.29) is 22.5 Å². The highest BCUT2D eigenvalue weighted by atomic mass is 32.2. The molecule has 2 atom stereocenters. The van der Waals surface area contributed by atoms with Crippen LogP contribution >= 0.6 is 11.3 Å². The van der Waals surface area contributed by atoms with Crippen molar-refractivity contribution in [2.24, 2.45) is 4.40 Å². The summed E-state index contributed by atoms with van der Waals surface area (Å²) >= 11 is 1.20. The minimum atomic E-state index is -4.91. The number of fused-ring (bicyclic) bond motifs is 1. The van der Waals surface area contributed by atoms with Gasteiger partial charge in [-0.15, -0.1) is 11.3 Å². The molecule has 0 saturated heterocycles. The second kappa shape index (κ2) is 10.1. The van der Waals surface area contributed by atoms with E-state index in [1.165, 1.54) is 48.0 Å². The van der Waals surface area contributed by atoms with Crippen LogP contribution in [0.2, 0.25) is 0 Å². The summed E-state index contributed by atoms with van der Waals surface area (Å²) < 4.78 is 70.0. The van der Waals surface area contributed by atoms with Gasteiger partial charge in [0.1, 0.15) is 0 Å². The van der Waals surface area contributed by atoms with E-state index in [0.717, 1.165) is 6.07 Å². The van der Waals surface area contributed by atoms with Crippen molar-refractivity contribution < 1.29 is 31.6 Å². The number of benzene rings is 2. The smallest absolute Gasteiger partial charge is 0.376 e. The highest BCUT2D eigenvalue weighted by molar-refractivity contribution is 7.91. The average molecular weight is 590 g/mol. The summed E-state index contributed by atoms with van der Waals surface area (Å²) in [5.74, 6) is -0.884. The van der Waals surface area contributed by atoms with Crippen molar-refractivity contribution in [3.63, 3.8) is 0 Å². The van der Waals surface area contributed by atoms with E-state index in [9.17, 15) is 36.8 Å². The Morgan fingerprint density at radius 1 is 1.15 bits per heavy atom. The normalized spacial score (nSPS) is 16.7. The Hall–Kier alpha value is -3.68. The van der Waals surface area contributed by atoms with Gasteiger partial charge in [0.15, 0.2) is 5.60 Å². The van der Waals surface area contributed by atoms with E-state index >= 15 is 0 Å². The molecule has 0 spiro atoms. The van der Waals surface area contributed by atoms with Gasteiger partial charge in [-0.1, -0.05) is 36.4 Å². The van der Waals surface area contributed by atoms with Gasteiger partial charge in [0.05, 0.1) is 21.8 Å². The number of nitrogens with zero attached hydrogens (tertiary/aromatic N) is 3. The molecule has 5 rings (SSSR count). The molecule has 1 unspecified atom stereocenters. The van der Waals surface area contributed by atoms with Crippen molar-refractivity contribution in [1.82, 2.24) is 4.98 Å². The summed E-state index contributed by atoms with van der Waals surface area (Å²) in [6.07, 6.45) is -1.50. The number of aromatic nitrogens is 1. The van der Waals surface area contributed by atoms with E-state index < -0.39 is 37.9 Å². The Balaban J connectivity index is 1.65. The van der Waals surface area contributed by atoms with Crippen LogP contribution in [-0.4, -0.2) is 41.1 Å². The van der Waals surface area contributed by atoms with Gasteiger partial charge in [-0.25, -0.2) is 8.42 Å². The van der Waals surface area contributed by atoms with Gasteiger partial charge < -0.3 is 5.11 Å². The van der Waals surface area contributed by atoms with Gasteiger partial charge in [0, 0.05) is 39.2 Å². The third-order valence-electron chi connectivity index (χ3n) is 6.79. The van der Waals surface area contributed by atoms with Crippen molar-refractivity contribution >= 4 is 43.3 Å². The highest BCUT2D eigenvalue weighted by Crippen LogP contribution is 2.43. The number of thiophene rings is 1. The molecule has 208 valence electrons. The van der Waals surface area contributed by atoms with Crippen LogP contribution in [0.4, 0.5) is 18.9 Å². The predicted molar refractivity (Wildman–Crippen MR) is 146 cm³/mol. The van der Waals surface area contributed by atoms with E-state index in [2.05, 4.69) is 9.38 Å². The summed E-state index contributed by atoms with van der Waals surface area (Å²) in [7, 11) is -3.76. The molecule has 2 heterocycles. The van der Waals surface area contributed by atoms with Crippen LogP contribution in [0, 0.1) is 10.1 Å². The molecule has 13 heteroatoms. The standard InChI is InChI=1S/C27H22F3N3O5S2/c1-26(34,27(28,29)30)17-11-12-31-22(14-17)20-7-4-5-16-13-24(39-25(16)20)21(15-32-40(37,38)18-9-10-18)19-6-2-3-8-23(19)33(35)36/h2-8,11-15,18,21,34H,9-10H2,1H3/b32-15+/t21?,26-/m1/s1. The number of pyridine rings is 1. The fraction of sp³-hybridized carbons (Fsp3) is 0.259. The average Bonchev–Trinajstić information content (AvgIpc) is 3.68. The third kappa shape index (κ3) is 5.23. The molecule has 0 aliphatic heterocycles. The molecule has 40 heavy (non-hydrogen) atoms. The zero-order valence-corrected chi connectivity index (χ0v) is 22.5. The van der Waals surface area contributed by atoms with Crippen LogP contribution in [0.15, 0.2) is 71.3 Å². The Morgan fingerprint density at radius 2 is 1.88 bits per heavy atom. The van der Waals surface area contributed by atoms with E-state index in [4.69, 9.17) is 0 Å². The predicted octanol–water partition coefficient (Wildman–Crippen LogP) is 6.34. The quantitative estimate of drug-likeness (QED) is 0.145. The minimum absolute atomic E-state index is 0.188. The van der Waals surface area contributed by atoms with Crippen LogP contribution < -0.4 is 0 Å². The molecule has 2 aromatic carbocycles. The SMILES string of the molecule is C[C@@](O)(c1ccnc(-c2cccc3cc(C(/C=N/S(=O)(=O)C4CC4)c4ccccc4[N+](=O)[O-])sc23)c1)C(F)(F)F. The van der Waals surface area contributed by atoms with Crippen molar-refractivity contribution in [3.05, 3.63) is 93.0 Å². The summed E-state index contributed by atoms with van der Waals surface area (Å²) in [6.45, 7) is 0.669.